The third-order valence-electron chi connectivity index (χ3n) is 1.92. The monoisotopic (exact) mass is 210 g/mol. The molecule has 0 aliphatic heterocycles. The van der Waals surface area contributed by atoms with E-state index in [4.69, 9.17) is 5.11 Å². The van der Waals surface area contributed by atoms with Gasteiger partial charge in [-0.05, 0) is 11.6 Å². The van der Waals surface area contributed by atoms with E-state index in [9.17, 15) is 9.59 Å². The smallest absolute Gasteiger partial charge is 0.305 e. The zero-order valence-corrected chi connectivity index (χ0v) is 8.56. The van der Waals surface area contributed by atoms with E-state index in [-0.39, 0.29) is 18.9 Å². The number of carbonyl (C=O) groups excluding carboxylic acids is 1. The van der Waals surface area contributed by atoms with Crippen LogP contribution in [0, 0.1) is 0 Å². The van der Waals surface area contributed by atoms with Gasteiger partial charge in [0.15, 0.2) is 0 Å². The molecule has 0 atom stereocenters. The largest absolute Gasteiger partial charge is 0.481 e. The van der Waals surface area contributed by atoms with Crippen molar-refractivity contribution in [3.8, 4) is 0 Å². The van der Waals surface area contributed by atoms with Crippen LogP contribution in [0.4, 0.5) is 0 Å². The Morgan fingerprint density at radius 1 is 1.53 bits per heavy atom. The summed E-state index contributed by atoms with van der Waals surface area (Å²) in [6.07, 6.45) is 3.97. The Hall–Kier alpha value is -1.78. The summed E-state index contributed by atoms with van der Waals surface area (Å²) in [4.78, 5) is 21.5. The number of carboxylic acids is 1. The van der Waals surface area contributed by atoms with Gasteiger partial charge in [0.1, 0.15) is 0 Å². The molecule has 1 heterocycles. The molecule has 0 bridgehead atoms. The van der Waals surface area contributed by atoms with Gasteiger partial charge in [-0.1, -0.05) is 0 Å². The zero-order chi connectivity index (χ0) is 11.3. The number of aromatic nitrogens is 1. The Morgan fingerprint density at radius 2 is 2.27 bits per heavy atom. The van der Waals surface area contributed by atoms with Crippen LogP contribution in [-0.4, -0.2) is 28.1 Å². The summed E-state index contributed by atoms with van der Waals surface area (Å²) in [7, 11) is 1.88. The Balaban J connectivity index is 2.27. The molecule has 0 aliphatic carbocycles. The number of aliphatic carboxylic acids is 1. The lowest BCUT2D eigenvalue weighted by atomic mass is 10.2. The zero-order valence-electron chi connectivity index (χ0n) is 8.56. The van der Waals surface area contributed by atoms with Gasteiger partial charge in [0.25, 0.3) is 0 Å². The fraction of sp³-hybridized carbons (Fsp3) is 0.400. The van der Waals surface area contributed by atoms with Crippen molar-refractivity contribution in [2.24, 2.45) is 7.05 Å². The van der Waals surface area contributed by atoms with Gasteiger partial charge < -0.3 is 15.0 Å². The molecule has 5 nitrogen and oxygen atoms in total. The quantitative estimate of drug-likeness (QED) is 0.727. The summed E-state index contributed by atoms with van der Waals surface area (Å²) in [5.74, 6) is -1.06. The fourth-order valence-electron chi connectivity index (χ4n) is 1.22. The van der Waals surface area contributed by atoms with Gasteiger partial charge in [-0.15, -0.1) is 0 Å². The number of nitrogens with one attached hydrogen (secondary N) is 1. The van der Waals surface area contributed by atoms with Crippen LogP contribution < -0.4 is 5.32 Å². The highest BCUT2D eigenvalue weighted by atomic mass is 16.4. The van der Waals surface area contributed by atoms with Crippen molar-refractivity contribution in [2.75, 3.05) is 6.54 Å². The summed E-state index contributed by atoms with van der Waals surface area (Å²) in [5, 5.41) is 10.9. The van der Waals surface area contributed by atoms with E-state index in [0.717, 1.165) is 5.56 Å². The highest BCUT2D eigenvalue weighted by molar-refractivity contribution is 5.79. The first kappa shape index (κ1) is 11.3. The summed E-state index contributed by atoms with van der Waals surface area (Å²) in [5.41, 5.74) is 0.922. The number of carbonyl (C=O) groups is 2. The lowest BCUT2D eigenvalue weighted by Crippen LogP contribution is -2.27. The third kappa shape index (κ3) is 4.30. The normalized spacial score (nSPS) is 9.93. The van der Waals surface area contributed by atoms with Gasteiger partial charge in [-0.3, -0.25) is 9.59 Å². The molecule has 0 fully saturated rings. The highest BCUT2D eigenvalue weighted by Gasteiger charge is 2.04. The minimum atomic E-state index is -0.907. The molecule has 0 spiro atoms. The predicted octanol–water partition coefficient (Wildman–Crippen LogP) is 0.158. The topological polar surface area (TPSA) is 71.3 Å². The molecule has 0 unspecified atom stereocenters. The molecule has 1 rings (SSSR count). The first-order chi connectivity index (χ1) is 7.08. The van der Waals surface area contributed by atoms with Crippen molar-refractivity contribution in [1.82, 2.24) is 9.88 Å². The van der Waals surface area contributed by atoms with Crippen molar-refractivity contribution in [3.63, 3.8) is 0 Å². The van der Waals surface area contributed by atoms with Gasteiger partial charge in [0.05, 0.1) is 12.8 Å². The number of aryl methyl sites for hydroxylation is 1. The Morgan fingerprint density at radius 3 is 2.80 bits per heavy atom. The number of amides is 1. The van der Waals surface area contributed by atoms with Crippen molar-refractivity contribution < 1.29 is 14.7 Å². The molecule has 1 amide bonds. The van der Waals surface area contributed by atoms with Crippen LogP contribution in [0.5, 0.6) is 0 Å². The third-order valence-corrected chi connectivity index (χ3v) is 1.92. The maximum Gasteiger partial charge on any atom is 0.305 e. The van der Waals surface area contributed by atoms with Gasteiger partial charge >= 0.3 is 5.97 Å². The molecule has 1 aromatic rings. The minimum absolute atomic E-state index is 0.0411. The molecule has 0 aliphatic rings. The van der Waals surface area contributed by atoms with Crippen LogP contribution in [0.1, 0.15) is 12.0 Å². The molecular formula is C10H14N2O3. The lowest BCUT2D eigenvalue weighted by molar-refractivity contribution is -0.136. The van der Waals surface area contributed by atoms with Crippen molar-refractivity contribution in [1.29, 1.82) is 0 Å². The van der Waals surface area contributed by atoms with E-state index < -0.39 is 5.97 Å². The van der Waals surface area contributed by atoms with Crippen molar-refractivity contribution in [3.05, 3.63) is 24.0 Å². The highest BCUT2D eigenvalue weighted by Crippen LogP contribution is 2.00. The van der Waals surface area contributed by atoms with Crippen LogP contribution in [0.25, 0.3) is 0 Å². The first-order valence-electron chi connectivity index (χ1n) is 4.67. The number of carboxylic acid groups (broad SMARTS) is 1. The number of rotatable bonds is 5. The summed E-state index contributed by atoms with van der Waals surface area (Å²) >= 11 is 0. The van der Waals surface area contributed by atoms with E-state index in [2.05, 4.69) is 5.32 Å². The number of hydrogen-bond acceptors (Lipinski definition) is 2. The van der Waals surface area contributed by atoms with E-state index in [1.165, 1.54) is 0 Å². The maximum absolute atomic E-state index is 11.3. The fourth-order valence-corrected chi connectivity index (χ4v) is 1.22. The summed E-state index contributed by atoms with van der Waals surface area (Å²) in [6.45, 7) is 0.182. The van der Waals surface area contributed by atoms with Crippen LogP contribution >= 0.6 is 0 Å². The first-order valence-corrected chi connectivity index (χ1v) is 4.67. The Labute approximate surface area is 87.7 Å². The summed E-state index contributed by atoms with van der Waals surface area (Å²) < 4.78 is 1.86. The second-order valence-corrected chi connectivity index (χ2v) is 3.36. The summed E-state index contributed by atoms with van der Waals surface area (Å²) in [6, 6.07) is 1.86. The molecule has 2 N–H and O–H groups in total. The average Bonchev–Trinajstić information content (AvgIpc) is 2.50. The van der Waals surface area contributed by atoms with Gasteiger partial charge in [0.2, 0.25) is 5.91 Å². The SMILES string of the molecule is Cn1ccc(CC(=O)NCCC(=O)O)c1. The molecule has 0 aromatic carbocycles. The number of hydrogen-bond donors (Lipinski definition) is 2. The van der Waals surface area contributed by atoms with Crippen LogP contribution in [-0.2, 0) is 23.1 Å². The molecule has 5 heteroatoms. The van der Waals surface area contributed by atoms with Gasteiger partial charge in [0, 0.05) is 26.0 Å². The van der Waals surface area contributed by atoms with Gasteiger partial charge in [-0.2, -0.15) is 0 Å². The van der Waals surface area contributed by atoms with E-state index in [0.29, 0.717) is 6.42 Å². The Bertz CT molecular complexity index is 357. The minimum Gasteiger partial charge on any atom is -0.481 e. The Kier molecular flexibility index (Phi) is 3.91. The molecule has 82 valence electrons. The van der Waals surface area contributed by atoms with Gasteiger partial charge in [-0.25, -0.2) is 0 Å². The number of nitrogens with zero attached hydrogens (tertiary/aromatic N) is 1. The van der Waals surface area contributed by atoms with E-state index >= 15 is 0 Å². The average molecular weight is 210 g/mol. The molecule has 0 saturated heterocycles. The second-order valence-electron chi connectivity index (χ2n) is 3.36. The second kappa shape index (κ2) is 5.19. The predicted molar refractivity (Wildman–Crippen MR) is 54.4 cm³/mol. The maximum atomic E-state index is 11.3. The van der Waals surface area contributed by atoms with Crippen molar-refractivity contribution >= 4 is 11.9 Å². The van der Waals surface area contributed by atoms with Crippen LogP contribution in [0.15, 0.2) is 18.5 Å². The molecule has 15 heavy (non-hydrogen) atoms. The van der Waals surface area contributed by atoms with Crippen LogP contribution in [0.3, 0.4) is 0 Å². The molecule has 0 saturated carbocycles. The standard InChI is InChI=1S/C10H14N2O3/c1-12-5-3-8(7-12)6-9(13)11-4-2-10(14)15/h3,5,7H,2,4,6H2,1H3,(H,11,13)(H,14,15). The van der Waals surface area contributed by atoms with Crippen LogP contribution in [0.2, 0.25) is 0 Å². The van der Waals surface area contributed by atoms with Crippen molar-refractivity contribution in [2.45, 2.75) is 12.8 Å². The van der Waals surface area contributed by atoms with E-state index in [1.807, 2.05) is 30.1 Å². The lowest BCUT2D eigenvalue weighted by Gasteiger charge is -2.01. The molecule has 0 radical (unpaired) electrons. The molecule has 1 aromatic heterocycles. The molecular weight excluding hydrogens is 196 g/mol. The van der Waals surface area contributed by atoms with E-state index in [1.54, 1.807) is 0 Å².